The Hall–Kier alpha value is 0.0569. The van der Waals surface area contributed by atoms with Gasteiger partial charge in [0.15, 0.2) is 0 Å². The molecular formula is C10H26N2O2Si. The Kier molecular flexibility index (Phi) is 9.33. The molecular weight excluding hydrogens is 208 g/mol. The predicted molar refractivity (Wildman–Crippen MR) is 66.0 cm³/mol. The van der Waals surface area contributed by atoms with E-state index in [1.807, 2.05) is 13.8 Å². The van der Waals surface area contributed by atoms with Crippen molar-refractivity contribution in [1.82, 2.24) is 0 Å². The van der Waals surface area contributed by atoms with Gasteiger partial charge in [-0.3, -0.25) is 0 Å². The molecule has 4 N–H and O–H groups in total. The number of unbranched alkanes of at least 4 members (excludes halogenated alkanes) is 1. The summed E-state index contributed by atoms with van der Waals surface area (Å²) in [4.78, 5) is 0. The molecule has 5 heteroatoms. The van der Waals surface area contributed by atoms with E-state index >= 15 is 0 Å². The van der Waals surface area contributed by atoms with E-state index in [0.29, 0.717) is 6.54 Å². The molecule has 0 saturated carbocycles. The van der Waals surface area contributed by atoms with Crippen LogP contribution in [0.4, 0.5) is 0 Å². The topological polar surface area (TPSA) is 70.5 Å². The summed E-state index contributed by atoms with van der Waals surface area (Å²) in [5, 5.41) is 0. The molecule has 0 spiro atoms. The molecule has 15 heavy (non-hydrogen) atoms. The second-order valence-electron chi connectivity index (χ2n) is 3.56. The lowest BCUT2D eigenvalue weighted by Gasteiger charge is -2.29. The van der Waals surface area contributed by atoms with Gasteiger partial charge in [0.1, 0.15) is 0 Å². The van der Waals surface area contributed by atoms with Crippen molar-refractivity contribution in [3.8, 4) is 0 Å². The first-order valence-corrected chi connectivity index (χ1v) is 8.15. The monoisotopic (exact) mass is 234 g/mol. The molecule has 4 nitrogen and oxygen atoms in total. The van der Waals surface area contributed by atoms with Crippen LogP contribution < -0.4 is 11.5 Å². The highest BCUT2D eigenvalue weighted by Gasteiger charge is 2.35. The standard InChI is InChI=1S/C10H26N2O2Si/c1-3-13-15(10-8-12,14-4-2)9-6-5-7-11/h3-12H2,1-2H3. The van der Waals surface area contributed by atoms with Gasteiger partial charge >= 0.3 is 8.56 Å². The fourth-order valence-corrected chi connectivity index (χ4v) is 4.93. The van der Waals surface area contributed by atoms with E-state index in [-0.39, 0.29) is 0 Å². The Morgan fingerprint density at radius 2 is 1.47 bits per heavy atom. The smallest absolute Gasteiger partial charge is 0.339 e. The summed E-state index contributed by atoms with van der Waals surface area (Å²) in [6.07, 6.45) is 2.13. The fraction of sp³-hybridized carbons (Fsp3) is 1.00. The van der Waals surface area contributed by atoms with Crippen molar-refractivity contribution < 1.29 is 8.85 Å². The van der Waals surface area contributed by atoms with Crippen molar-refractivity contribution in [2.45, 2.75) is 38.8 Å². The van der Waals surface area contributed by atoms with Crippen LogP contribution in [-0.4, -0.2) is 34.9 Å². The molecule has 0 amide bonds. The summed E-state index contributed by atoms with van der Waals surface area (Å²) >= 11 is 0. The van der Waals surface area contributed by atoms with Gasteiger partial charge in [-0.15, -0.1) is 0 Å². The first-order chi connectivity index (χ1) is 7.24. The van der Waals surface area contributed by atoms with Gasteiger partial charge in [-0.1, -0.05) is 6.42 Å². The van der Waals surface area contributed by atoms with E-state index in [1.54, 1.807) is 0 Å². The molecule has 92 valence electrons. The Morgan fingerprint density at radius 3 is 1.87 bits per heavy atom. The van der Waals surface area contributed by atoms with Gasteiger partial charge in [0.25, 0.3) is 0 Å². The van der Waals surface area contributed by atoms with Crippen LogP contribution in [0.2, 0.25) is 12.1 Å². The van der Waals surface area contributed by atoms with E-state index < -0.39 is 8.56 Å². The van der Waals surface area contributed by atoms with Crippen molar-refractivity contribution in [2.24, 2.45) is 11.5 Å². The molecule has 0 fully saturated rings. The van der Waals surface area contributed by atoms with Crippen LogP contribution in [0.5, 0.6) is 0 Å². The number of hydrogen-bond donors (Lipinski definition) is 2. The van der Waals surface area contributed by atoms with Crippen molar-refractivity contribution in [2.75, 3.05) is 26.3 Å². The summed E-state index contributed by atoms with van der Waals surface area (Å²) in [5.41, 5.74) is 11.1. The minimum Gasteiger partial charge on any atom is -0.394 e. The molecule has 0 aliphatic carbocycles. The molecule has 0 aliphatic heterocycles. The summed E-state index contributed by atoms with van der Waals surface area (Å²) in [6.45, 7) is 6.85. The number of nitrogens with two attached hydrogens (primary N) is 2. The predicted octanol–water partition coefficient (Wildman–Crippen LogP) is 1.20. The first kappa shape index (κ1) is 15.1. The maximum Gasteiger partial charge on any atom is 0.339 e. The summed E-state index contributed by atoms with van der Waals surface area (Å²) in [6, 6.07) is 1.91. The fourth-order valence-electron chi connectivity index (χ4n) is 1.74. The maximum absolute atomic E-state index is 5.85. The highest BCUT2D eigenvalue weighted by atomic mass is 28.4. The quantitative estimate of drug-likeness (QED) is 0.440. The summed E-state index contributed by atoms with van der Waals surface area (Å²) in [7, 11) is -2.01. The van der Waals surface area contributed by atoms with Crippen molar-refractivity contribution >= 4 is 8.56 Å². The van der Waals surface area contributed by atoms with Crippen LogP contribution in [0.25, 0.3) is 0 Å². The number of hydrogen-bond acceptors (Lipinski definition) is 4. The Balaban J connectivity index is 4.18. The van der Waals surface area contributed by atoms with Crippen molar-refractivity contribution in [3.63, 3.8) is 0 Å². The third-order valence-corrected chi connectivity index (χ3v) is 6.15. The molecule has 0 heterocycles. The molecule has 0 aromatic heterocycles. The molecule has 0 atom stereocenters. The van der Waals surface area contributed by atoms with Gasteiger partial charge in [-0.25, -0.2) is 0 Å². The minimum atomic E-state index is -2.01. The van der Waals surface area contributed by atoms with Crippen LogP contribution in [0.3, 0.4) is 0 Å². The third-order valence-electron chi connectivity index (χ3n) is 2.35. The van der Waals surface area contributed by atoms with Gasteiger partial charge in [0.05, 0.1) is 0 Å². The van der Waals surface area contributed by atoms with Gasteiger partial charge in [-0.05, 0) is 39.4 Å². The average molecular weight is 234 g/mol. The van der Waals surface area contributed by atoms with Gasteiger partial charge < -0.3 is 20.3 Å². The zero-order valence-electron chi connectivity index (χ0n) is 10.1. The summed E-state index contributed by atoms with van der Waals surface area (Å²) < 4.78 is 11.7. The van der Waals surface area contributed by atoms with E-state index in [1.165, 1.54) is 0 Å². The zero-order valence-corrected chi connectivity index (χ0v) is 11.1. The molecule has 0 aromatic carbocycles. The van der Waals surface area contributed by atoms with Gasteiger partial charge in [0, 0.05) is 19.3 Å². The van der Waals surface area contributed by atoms with Crippen LogP contribution in [0.15, 0.2) is 0 Å². The molecule has 0 saturated heterocycles. The van der Waals surface area contributed by atoms with Crippen LogP contribution in [-0.2, 0) is 8.85 Å². The van der Waals surface area contributed by atoms with Crippen LogP contribution in [0, 0.1) is 0 Å². The minimum absolute atomic E-state index is 0.648. The van der Waals surface area contributed by atoms with E-state index in [9.17, 15) is 0 Å². The zero-order chi connectivity index (χ0) is 11.6. The largest absolute Gasteiger partial charge is 0.394 e. The second kappa shape index (κ2) is 9.29. The Bertz CT molecular complexity index is 130. The molecule has 0 radical (unpaired) electrons. The molecule has 0 unspecified atom stereocenters. The van der Waals surface area contributed by atoms with Crippen LogP contribution in [0.1, 0.15) is 26.7 Å². The number of rotatable bonds is 10. The lowest BCUT2D eigenvalue weighted by atomic mass is 10.3. The summed E-state index contributed by atoms with van der Waals surface area (Å²) in [5.74, 6) is 0. The van der Waals surface area contributed by atoms with E-state index in [4.69, 9.17) is 20.3 Å². The Labute approximate surface area is 94.6 Å². The van der Waals surface area contributed by atoms with E-state index in [0.717, 1.165) is 44.7 Å². The highest BCUT2D eigenvalue weighted by molar-refractivity contribution is 6.67. The molecule has 0 rings (SSSR count). The van der Waals surface area contributed by atoms with E-state index in [2.05, 4.69) is 0 Å². The molecule has 0 aliphatic rings. The lowest BCUT2D eigenvalue weighted by molar-refractivity contribution is 0.182. The normalized spacial score (nSPS) is 12.0. The molecule has 0 aromatic rings. The lowest BCUT2D eigenvalue weighted by Crippen LogP contribution is -2.44. The highest BCUT2D eigenvalue weighted by Crippen LogP contribution is 2.21. The van der Waals surface area contributed by atoms with Gasteiger partial charge in [-0.2, -0.15) is 0 Å². The Morgan fingerprint density at radius 1 is 0.867 bits per heavy atom. The first-order valence-electron chi connectivity index (χ1n) is 5.92. The average Bonchev–Trinajstić information content (AvgIpc) is 2.19. The second-order valence-corrected chi connectivity index (χ2v) is 6.96. The maximum atomic E-state index is 5.85. The third kappa shape index (κ3) is 6.27. The van der Waals surface area contributed by atoms with Crippen LogP contribution >= 0.6 is 0 Å². The van der Waals surface area contributed by atoms with Crippen molar-refractivity contribution in [1.29, 1.82) is 0 Å². The SMILES string of the molecule is CCO[Si](CCN)(CCCCN)OCC. The van der Waals surface area contributed by atoms with Gasteiger partial charge in [0.2, 0.25) is 0 Å². The molecule has 0 bridgehead atoms. The van der Waals surface area contributed by atoms with Crippen molar-refractivity contribution in [3.05, 3.63) is 0 Å².